The Bertz CT molecular complexity index is 516. The van der Waals surface area contributed by atoms with Gasteiger partial charge in [-0.05, 0) is 39.5 Å². The van der Waals surface area contributed by atoms with E-state index in [0.29, 0.717) is 0 Å². The van der Waals surface area contributed by atoms with Gasteiger partial charge in [0.25, 0.3) is 5.91 Å². The lowest BCUT2D eigenvalue weighted by Crippen LogP contribution is -2.53. The average molecular weight is 349 g/mol. The maximum Gasteiger partial charge on any atom is 0.325 e. The molecule has 0 radical (unpaired) electrons. The molecule has 2 saturated carbocycles. The number of amides is 4. The average Bonchev–Trinajstić information content (AvgIpc) is 2.79. The van der Waals surface area contributed by atoms with E-state index in [2.05, 4.69) is 10.2 Å². The van der Waals surface area contributed by atoms with Gasteiger partial charge in [-0.3, -0.25) is 14.5 Å². The van der Waals surface area contributed by atoms with E-state index >= 15 is 0 Å². The third kappa shape index (κ3) is 3.82. The maximum absolute atomic E-state index is 13.2. The van der Waals surface area contributed by atoms with Crippen molar-refractivity contribution in [1.82, 2.24) is 15.1 Å². The van der Waals surface area contributed by atoms with Gasteiger partial charge in [0.1, 0.15) is 12.1 Å². The Labute approximate surface area is 150 Å². The molecule has 0 unspecified atom stereocenters. The fraction of sp³-hybridized carbons (Fsp3) is 0.842. The molecule has 140 valence electrons. The zero-order valence-corrected chi connectivity index (χ0v) is 15.6. The van der Waals surface area contributed by atoms with Crippen molar-refractivity contribution in [3.05, 3.63) is 0 Å². The SMILES string of the molecule is CC1(C)NC(=O)N(CC(=O)N(C2CCCCC2)C2CCCCC2)C1=O. The van der Waals surface area contributed by atoms with E-state index in [9.17, 15) is 14.4 Å². The quantitative estimate of drug-likeness (QED) is 0.794. The molecule has 6 nitrogen and oxygen atoms in total. The number of carbonyl (C=O) groups is 3. The highest BCUT2D eigenvalue weighted by Crippen LogP contribution is 2.30. The first-order chi connectivity index (χ1) is 11.9. The molecule has 0 aromatic carbocycles. The van der Waals surface area contributed by atoms with Gasteiger partial charge in [-0.2, -0.15) is 0 Å². The van der Waals surface area contributed by atoms with E-state index in [4.69, 9.17) is 0 Å². The summed E-state index contributed by atoms with van der Waals surface area (Å²) in [5.41, 5.74) is -0.919. The monoisotopic (exact) mass is 349 g/mol. The second-order valence-corrected chi connectivity index (χ2v) is 8.33. The minimum atomic E-state index is -0.919. The highest BCUT2D eigenvalue weighted by Gasteiger charge is 2.46. The topological polar surface area (TPSA) is 69.7 Å². The molecule has 25 heavy (non-hydrogen) atoms. The number of carbonyl (C=O) groups excluding carboxylic acids is 3. The van der Waals surface area contributed by atoms with Gasteiger partial charge in [-0.1, -0.05) is 38.5 Å². The highest BCUT2D eigenvalue weighted by atomic mass is 16.2. The summed E-state index contributed by atoms with van der Waals surface area (Å²) in [4.78, 5) is 40.9. The van der Waals surface area contributed by atoms with Gasteiger partial charge in [0.15, 0.2) is 0 Å². The van der Waals surface area contributed by atoms with Gasteiger partial charge < -0.3 is 10.2 Å². The van der Waals surface area contributed by atoms with Crippen LogP contribution < -0.4 is 5.32 Å². The van der Waals surface area contributed by atoms with Crippen LogP contribution in [0.5, 0.6) is 0 Å². The molecule has 3 fully saturated rings. The third-order valence-corrected chi connectivity index (χ3v) is 5.96. The van der Waals surface area contributed by atoms with Gasteiger partial charge in [-0.25, -0.2) is 4.79 Å². The molecule has 0 atom stereocenters. The first kappa shape index (κ1) is 18.2. The van der Waals surface area contributed by atoms with E-state index in [1.165, 1.54) is 12.8 Å². The smallest absolute Gasteiger partial charge is 0.325 e. The molecule has 1 N–H and O–H groups in total. The summed E-state index contributed by atoms with van der Waals surface area (Å²) < 4.78 is 0. The number of hydrogen-bond acceptors (Lipinski definition) is 3. The predicted molar refractivity (Wildman–Crippen MR) is 94.9 cm³/mol. The minimum absolute atomic E-state index is 0.0556. The molecule has 6 heteroatoms. The molecule has 2 aliphatic carbocycles. The van der Waals surface area contributed by atoms with Gasteiger partial charge in [0, 0.05) is 12.1 Å². The fourth-order valence-corrected chi connectivity index (χ4v) is 4.60. The molecule has 1 heterocycles. The highest BCUT2D eigenvalue weighted by molar-refractivity contribution is 6.08. The molecule has 0 spiro atoms. The number of rotatable bonds is 4. The Balaban J connectivity index is 1.74. The summed E-state index contributed by atoms with van der Waals surface area (Å²) >= 11 is 0. The Hall–Kier alpha value is -1.59. The molecule has 1 aliphatic heterocycles. The van der Waals surface area contributed by atoms with Gasteiger partial charge in [0.2, 0.25) is 5.91 Å². The second-order valence-electron chi connectivity index (χ2n) is 8.33. The van der Waals surface area contributed by atoms with E-state index < -0.39 is 11.6 Å². The molecule has 4 amide bonds. The largest absolute Gasteiger partial charge is 0.335 e. The van der Waals surface area contributed by atoms with Crippen LogP contribution in [0.3, 0.4) is 0 Å². The lowest BCUT2D eigenvalue weighted by molar-refractivity contribution is -0.143. The van der Waals surface area contributed by atoms with E-state index in [1.807, 2.05) is 0 Å². The number of nitrogens with one attached hydrogen (secondary N) is 1. The summed E-state index contributed by atoms with van der Waals surface area (Å²) in [6.07, 6.45) is 11.3. The first-order valence-electron chi connectivity index (χ1n) is 9.85. The van der Waals surface area contributed by atoms with Crippen molar-refractivity contribution in [2.75, 3.05) is 6.54 Å². The third-order valence-electron chi connectivity index (χ3n) is 5.96. The summed E-state index contributed by atoms with van der Waals surface area (Å²) in [5, 5.41) is 2.66. The maximum atomic E-state index is 13.2. The van der Waals surface area contributed by atoms with Crippen LogP contribution in [0.4, 0.5) is 4.79 Å². The number of imide groups is 1. The molecule has 0 aromatic rings. The fourth-order valence-electron chi connectivity index (χ4n) is 4.60. The zero-order chi connectivity index (χ0) is 18.0. The first-order valence-corrected chi connectivity index (χ1v) is 9.85. The van der Waals surface area contributed by atoms with E-state index in [-0.39, 0.29) is 30.4 Å². The second kappa shape index (κ2) is 7.34. The predicted octanol–water partition coefficient (Wildman–Crippen LogP) is 2.81. The molecular weight excluding hydrogens is 318 g/mol. The lowest BCUT2D eigenvalue weighted by atomic mass is 9.88. The van der Waals surface area contributed by atoms with Crippen molar-refractivity contribution >= 4 is 17.8 Å². The van der Waals surface area contributed by atoms with Crippen LogP contribution in [0, 0.1) is 0 Å². The summed E-state index contributed by atoms with van der Waals surface area (Å²) in [7, 11) is 0. The molecule has 3 aliphatic rings. The Kier molecular flexibility index (Phi) is 5.35. The standard InChI is InChI=1S/C19H31N3O3/c1-19(2)17(24)21(18(25)20-19)13-16(23)22(14-9-5-3-6-10-14)15-11-7-4-8-12-15/h14-15H,3-13H2,1-2H3,(H,20,25). The van der Waals surface area contributed by atoms with Crippen LogP contribution in [0.1, 0.15) is 78.1 Å². The van der Waals surface area contributed by atoms with Crippen molar-refractivity contribution < 1.29 is 14.4 Å². The van der Waals surface area contributed by atoms with Crippen LogP contribution in [0.15, 0.2) is 0 Å². The molecule has 3 rings (SSSR count). The Morgan fingerprint density at radius 1 is 1.00 bits per heavy atom. The van der Waals surface area contributed by atoms with Crippen LogP contribution in [0.2, 0.25) is 0 Å². The molecular formula is C19H31N3O3. The number of hydrogen-bond donors (Lipinski definition) is 1. The van der Waals surface area contributed by atoms with Crippen molar-refractivity contribution in [2.24, 2.45) is 0 Å². The summed E-state index contributed by atoms with van der Waals surface area (Å²) in [5.74, 6) is -0.363. The molecule has 0 bridgehead atoms. The van der Waals surface area contributed by atoms with Crippen molar-refractivity contribution in [2.45, 2.75) is 95.7 Å². The molecule has 0 aromatic heterocycles. The van der Waals surface area contributed by atoms with Crippen LogP contribution in [-0.2, 0) is 9.59 Å². The van der Waals surface area contributed by atoms with Gasteiger partial charge >= 0.3 is 6.03 Å². The normalized spacial score (nSPS) is 25.1. The van der Waals surface area contributed by atoms with Crippen LogP contribution in [-0.4, -0.2) is 51.8 Å². The Morgan fingerprint density at radius 3 is 1.88 bits per heavy atom. The zero-order valence-electron chi connectivity index (χ0n) is 15.6. The van der Waals surface area contributed by atoms with Crippen molar-refractivity contribution in [1.29, 1.82) is 0 Å². The van der Waals surface area contributed by atoms with Crippen LogP contribution >= 0.6 is 0 Å². The van der Waals surface area contributed by atoms with Gasteiger partial charge in [-0.15, -0.1) is 0 Å². The number of urea groups is 1. The van der Waals surface area contributed by atoms with Gasteiger partial charge in [0.05, 0.1) is 0 Å². The number of nitrogens with zero attached hydrogens (tertiary/aromatic N) is 2. The lowest BCUT2D eigenvalue weighted by Gasteiger charge is -2.42. The minimum Gasteiger partial charge on any atom is -0.335 e. The van der Waals surface area contributed by atoms with Crippen molar-refractivity contribution in [3.63, 3.8) is 0 Å². The summed E-state index contributed by atoms with van der Waals surface area (Å²) in [6.45, 7) is 3.23. The van der Waals surface area contributed by atoms with E-state index in [0.717, 1.165) is 56.3 Å². The van der Waals surface area contributed by atoms with Crippen molar-refractivity contribution in [3.8, 4) is 0 Å². The molecule has 1 saturated heterocycles. The Morgan fingerprint density at radius 2 is 1.48 bits per heavy atom. The summed E-state index contributed by atoms with van der Waals surface area (Å²) in [6, 6.07) is 0.104. The van der Waals surface area contributed by atoms with Crippen LogP contribution in [0.25, 0.3) is 0 Å². The van der Waals surface area contributed by atoms with E-state index in [1.54, 1.807) is 13.8 Å².